The van der Waals surface area contributed by atoms with Gasteiger partial charge in [-0.1, -0.05) is 19.8 Å². The van der Waals surface area contributed by atoms with E-state index in [1.54, 1.807) is 18.5 Å². The van der Waals surface area contributed by atoms with E-state index in [1.807, 2.05) is 0 Å². The highest BCUT2D eigenvalue weighted by Crippen LogP contribution is 2.32. The zero-order valence-corrected chi connectivity index (χ0v) is 10.7. The van der Waals surface area contributed by atoms with E-state index >= 15 is 0 Å². The molecule has 1 aliphatic rings. The van der Waals surface area contributed by atoms with Gasteiger partial charge in [-0.05, 0) is 24.8 Å². The second-order valence-electron chi connectivity index (χ2n) is 5.31. The van der Waals surface area contributed by atoms with E-state index in [0.717, 1.165) is 19.3 Å². The Morgan fingerprint density at radius 3 is 3.22 bits per heavy atom. The second kappa shape index (κ2) is 5.36. The SMILES string of the molecule is CC1CCCC(O)(CNc2cnccc2C#N)C1. The summed E-state index contributed by atoms with van der Waals surface area (Å²) in [5.41, 5.74) is 0.615. The topological polar surface area (TPSA) is 68.9 Å². The Morgan fingerprint density at radius 2 is 2.50 bits per heavy atom. The maximum atomic E-state index is 10.5. The molecule has 4 nitrogen and oxygen atoms in total. The van der Waals surface area contributed by atoms with Gasteiger partial charge in [-0.3, -0.25) is 4.98 Å². The molecule has 1 aliphatic carbocycles. The van der Waals surface area contributed by atoms with Crippen molar-refractivity contribution in [1.29, 1.82) is 5.26 Å². The Bertz CT molecular complexity index is 455. The van der Waals surface area contributed by atoms with Crippen molar-refractivity contribution in [2.75, 3.05) is 11.9 Å². The van der Waals surface area contributed by atoms with Gasteiger partial charge in [0, 0.05) is 12.7 Å². The minimum atomic E-state index is -0.653. The van der Waals surface area contributed by atoms with Crippen LogP contribution in [-0.4, -0.2) is 22.2 Å². The van der Waals surface area contributed by atoms with Crippen molar-refractivity contribution < 1.29 is 5.11 Å². The Morgan fingerprint density at radius 1 is 1.67 bits per heavy atom. The molecular weight excluding hydrogens is 226 g/mol. The molecule has 0 radical (unpaired) electrons. The van der Waals surface area contributed by atoms with E-state index in [2.05, 4.69) is 23.3 Å². The Balaban J connectivity index is 2.01. The highest BCUT2D eigenvalue weighted by atomic mass is 16.3. The number of nitrogens with one attached hydrogen (secondary N) is 1. The quantitative estimate of drug-likeness (QED) is 0.857. The summed E-state index contributed by atoms with van der Waals surface area (Å²) in [6.07, 6.45) is 7.14. The fraction of sp³-hybridized carbons (Fsp3) is 0.571. The monoisotopic (exact) mass is 245 g/mol. The van der Waals surface area contributed by atoms with Crippen LogP contribution >= 0.6 is 0 Å². The van der Waals surface area contributed by atoms with Crippen LogP contribution in [0, 0.1) is 17.2 Å². The van der Waals surface area contributed by atoms with E-state index in [4.69, 9.17) is 5.26 Å². The smallest absolute Gasteiger partial charge is 0.101 e. The lowest BCUT2D eigenvalue weighted by Gasteiger charge is -2.35. The van der Waals surface area contributed by atoms with Crippen LogP contribution in [0.15, 0.2) is 18.5 Å². The van der Waals surface area contributed by atoms with Crippen molar-refractivity contribution in [3.63, 3.8) is 0 Å². The summed E-state index contributed by atoms with van der Waals surface area (Å²) in [5.74, 6) is 0.565. The Hall–Kier alpha value is -1.60. The molecule has 1 aromatic rings. The molecule has 2 unspecified atom stereocenters. The molecule has 0 spiro atoms. The Kier molecular flexibility index (Phi) is 3.83. The average Bonchev–Trinajstić information content (AvgIpc) is 2.36. The fourth-order valence-electron chi connectivity index (χ4n) is 2.69. The van der Waals surface area contributed by atoms with Crippen molar-refractivity contribution in [2.24, 2.45) is 5.92 Å². The van der Waals surface area contributed by atoms with Crippen LogP contribution in [0.4, 0.5) is 5.69 Å². The molecule has 1 saturated carbocycles. The molecule has 96 valence electrons. The summed E-state index contributed by atoms with van der Waals surface area (Å²) < 4.78 is 0. The van der Waals surface area contributed by atoms with Crippen LogP contribution in [0.25, 0.3) is 0 Å². The molecule has 1 aromatic heterocycles. The van der Waals surface area contributed by atoms with Crippen molar-refractivity contribution >= 4 is 5.69 Å². The summed E-state index contributed by atoms with van der Waals surface area (Å²) in [5, 5.41) is 22.6. The molecule has 0 aromatic carbocycles. The Labute approximate surface area is 108 Å². The van der Waals surface area contributed by atoms with E-state index in [1.165, 1.54) is 6.42 Å². The zero-order chi connectivity index (χ0) is 13.0. The number of hydrogen-bond donors (Lipinski definition) is 2. The minimum absolute atomic E-state index is 0.484. The number of rotatable bonds is 3. The highest BCUT2D eigenvalue weighted by Gasteiger charge is 2.32. The fourth-order valence-corrected chi connectivity index (χ4v) is 2.69. The maximum Gasteiger partial charge on any atom is 0.101 e. The van der Waals surface area contributed by atoms with Crippen LogP contribution in [0.3, 0.4) is 0 Å². The molecule has 2 N–H and O–H groups in total. The largest absolute Gasteiger partial charge is 0.388 e. The summed E-state index contributed by atoms with van der Waals surface area (Å²) in [7, 11) is 0. The first-order valence-electron chi connectivity index (χ1n) is 6.43. The molecule has 4 heteroatoms. The third-order valence-electron chi connectivity index (χ3n) is 3.62. The lowest BCUT2D eigenvalue weighted by atomic mass is 9.79. The highest BCUT2D eigenvalue weighted by molar-refractivity contribution is 5.55. The van der Waals surface area contributed by atoms with Gasteiger partial charge >= 0.3 is 0 Å². The van der Waals surface area contributed by atoms with E-state index in [0.29, 0.717) is 23.7 Å². The molecule has 2 atom stereocenters. The van der Waals surface area contributed by atoms with Gasteiger partial charge in [0.25, 0.3) is 0 Å². The summed E-state index contributed by atoms with van der Waals surface area (Å²) >= 11 is 0. The number of nitrogens with zero attached hydrogens (tertiary/aromatic N) is 2. The summed E-state index contributed by atoms with van der Waals surface area (Å²) in [6, 6.07) is 3.80. The van der Waals surface area contributed by atoms with Crippen molar-refractivity contribution in [2.45, 2.75) is 38.2 Å². The third kappa shape index (κ3) is 2.99. The number of hydrogen-bond acceptors (Lipinski definition) is 4. The van der Waals surface area contributed by atoms with Crippen molar-refractivity contribution in [3.8, 4) is 6.07 Å². The van der Waals surface area contributed by atoms with Crippen molar-refractivity contribution in [1.82, 2.24) is 4.98 Å². The van der Waals surface area contributed by atoms with Gasteiger partial charge in [-0.25, -0.2) is 0 Å². The second-order valence-corrected chi connectivity index (χ2v) is 5.31. The van der Waals surface area contributed by atoms with Crippen LogP contribution in [0.1, 0.15) is 38.2 Å². The lowest BCUT2D eigenvalue weighted by Crippen LogP contribution is -2.41. The summed E-state index contributed by atoms with van der Waals surface area (Å²) in [4.78, 5) is 4.00. The molecule has 0 aliphatic heterocycles. The first-order valence-corrected chi connectivity index (χ1v) is 6.43. The van der Waals surface area contributed by atoms with Gasteiger partial charge in [-0.15, -0.1) is 0 Å². The molecule has 1 heterocycles. The van der Waals surface area contributed by atoms with Gasteiger partial charge in [-0.2, -0.15) is 5.26 Å². The van der Waals surface area contributed by atoms with Gasteiger partial charge in [0.15, 0.2) is 0 Å². The normalized spacial score (nSPS) is 27.5. The average molecular weight is 245 g/mol. The van der Waals surface area contributed by atoms with Gasteiger partial charge in [0.1, 0.15) is 6.07 Å². The first kappa shape index (κ1) is 12.8. The van der Waals surface area contributed by atoms with Crippen LogP contribution in [0.5, 0.6) is 0 Å². The van der Waals surface area contributed by atoms with E-state index < -0.39 is 5.60 Å². The molecule has 1 fully saturated rings. The van der Waals surface area contributed by atoms with Gasteiger partial charge in [0.2, 0.25) is 0 Å². The number of anilines is 1. The van der Waals surface area contributed by atoms with E-state index in [9.17, 15) is 5.11 Å². The van der Waals surface area contributed by atoms with Crippen LogP contribution in [-0.2, 0) is 0 Å². The number of aliphatic hydroxyl groups is 1. The number of nitriles is 1. The number of aromatic nitrogens is 1. The predicted molar refractivity (Wildman–Crippen MR) is 70.0 cm³/mol. The van der Waals surface area contributed by atoms with Crippen LogP contribution < -0.4 is 5.32 Å². The third-order valence-corrected chi connectivity index (χ3v) is 3.62. The first-order chi connectivity index (χ1) is 8.63. The van der Waals surface area contributed by atoms with Gasteiger partial charge in [0.05, 0.1) is 23.0 Å². The summed E-state index contributed by atoms with van der Waals surface area (Å²) in [6.45, 7) is 2.66. The lowest BCUT2D eigenvalue weighted by molar-refractivity contribution is -0.000767. The number of pyridine rings is 1. The minimum Gasteiger partial charge on any atom is -0.388 e. The standard InChI is InChI=1S/C14H19N3O/c1-11-3-2-5-14(18,7-11)10-17-13-9-16-6-4-12(13)8-15/h4,6,9,11,17-18H,2-3,5,7,10H2,1H3. The van der Waals surface area contributed by atoms with Crippen LogP contribution in [0.2, 0.25) is 0 Å². The predicted octanol–water partition coefficient (Wildman–Crippen LogP) is 2.31. The molecule has 2 rings (SSSR count). The van der Waals surface area contributed by atoms with E-state index in [-0.39, 0.29) is 0 Å². The maximum absolute atomic E-state index is 10.5. The molecule has 18 heavy (non-hydrogen) atoms. The molecule has 0 amide bonds. The molecular formula is C14H19N3O. The van der Waals surface area contributed by atoms with Crippen molar-refractivity contribution in [3.05, 3.63) is 24.0 Å². The molecule has 0 saturated heterocycles. The molecule has 0 bridgehead atoms. The van der Waals surface area contributed by atoms with Gasteiger partial charge < -0.3 is 10.4 Å². The zero-order valence-electron chi connectivity index (χ0n) is 10.7.